The molecule has 0 bridgehead atoms. The van der Waals surface area contributed by atoms with Gasteiger partial charge in [0.2, 0.25) is 0 Å². The van der Waals surface area contributed by atoms with Crippen LogP contribution >= 0.6 is 0 Å². The average molecular weight is 271 g/mol. The molecule has 19 heavy (non-hydrogen) atoms. The van der Waals surface area contributed by atoms with Crippen molar-refractivity contribution in [2.45, 2.75) is 45.8 Å². The van der Waals surface area contributed by atoms with Gasteiger partial charge >= 0.3 is 6.09 Å². The Balaban J connectivity index is 2.27. The number of nitrogens with zero attached hydrogens (tertiary/aromatic N) is 1. The van der Waals surface area contributed by atoms with Crippen molar-refractivity contribution in [2.75, 3.05) is 13.1 Å². The van der Waals surface area contributed by atoms with Crippen molar-refractivity contribution in [2.24, 2.45) is 5.16 Å². The van der Waals surface area contributed by atoms with Crippen LogP contribution < -0.4 is 10.6 Å². The summed E-state index contributed by atoms with van der Waals surface area (Å²) in [5.74, 6) is -0.234. The Hall–Kier alpha value is -1.79. The van der Waals surface area contributed by atoms with E-state index in [-0.39, 0.29) is 18.6 Å². The number of amides is 2. The van der Waals surface area contributed by atoms with Gasteiger partial charge in [0.1, 0.15) is 11.3 Å². The minimum absolute atomic E-state index is 0.234. The van der Waals surface area contributed by atoms with E-state index < -0.39 is 11.7 Å². The third-order valence-corrected chi connectivity index (χ3v) is 2.21. The van der Waals surface area contributed by atoms with Gasteiger partial charge in [-0.2, -0.15) is 0 Å². The lowest BCUT2D eigenvalue weighted by Gasteiger charge is -2.20. The van der Waals surface area contributed by atoms with Crippen molar-refractivity contribution in [3.8, 4) is 0 Å². The van der Waals surface area contributed by atoms with Gasteiger partial charge in [0.05, 0.1) is 6.54 Å². The van der Waals surface area contributed by atoms with Crippen molar-refractivity contribution in [1.29, 1.82) is 0 Å². The molecule has 7 nitrogen and oxygen atoms in total. The summed E-state index contributed by atoms with van der Waals surface area (Å²) >= 11 is 0. The molecule has 1 atom stereocenters. The quantitative estimate of drug-likeness (QED) is 0.791. The molecule has 1 heterocycles. The van der Waals surface area contributed by atoms with E-state index >= 15 is 0 Å². The fraction of sp³-hybridized carbons (Fsp3) is 0.750. The topological polar surface area (TPSA) is 89.0 Å². The summed E-state index contributed by atoms with van der Waals surface area (Å²) in [7, 11) is 0. The molecule has 1 aliphatic rings. The fourth-order valence-electron chi connectivity index (χ4n) is 1.45. The molecule has 0 aromatic rings. The number of oxime groups is 1. The second-order valence-corrected chi connectivity index (χ2v) is 5.21. The number of ether oxygens (including phenoxy) is 1. The van der Waals surface area contributed by atoms with Crippen LogP contribution in [-0.2, 0) is 14.4 Å². The van der Waals surface area contributed by atoms with E-state index in [0.717, 1.165) is 0 Å². The number of rotatable bonds is 4. The number of nitrogens with one attached hydrogen (secondary N) is 2. The predicted molar refractivity (Wildman–Crippen MR) is 69.8 cm³/mol. The molecule has 2 N–H and O–H groups in total. The Morgan fingerprint density at radius 2 is 2.11 bits per heavy atom. The summed E-state index contributed by atoms with van der Waals surface area (Å²) in [5, 5.41) is 8.92. The summed E-state index contributed by atoms with van der Waals surface area (Å²) in [5.41, 5.74) is -0.193. The first-order chi connectivity index (χ1) is 8.81. The van der Waals surface area contributed by atoms with Crippen molar-refractivity contribution < 1.29 is 19.2 Å². The van der Waals surface area contributed by atoms with Gasteiger partial charge in [-0.15, -0.1) is 0 Å². The molecule has 0 fully saturated rings. The molecular weight excluding hydrogens is 250 g/mol. The minimum atomic E-state index is -0.538. The molecule has 0 aliphatic carbocycles. The van der Waals surface area contributed by atoms with Gasteiger partial charge in [-0.25, -0.2) is 4.79 Å². The normalized spacial score (nSPS) is 18.3. The molecule has 0 saturated heterocycles. The number of alkyl carbamates (subject to hydrolysis) is 1. The minimum Gasteiger partial charge on any atom is -0.444 e. The fourth-order valence-corrected chi connectivity index (χ4v) is 1.45. The highest BCUT2D eigenvalue weighted by molar-refractivity contribution is 6.39. The number of carbonyl (C=O) groups is 2. The van der Waals surface area contributed by atoms with Crippen LogP contribution in [0.5, 0.6) is 0 Å². The van der Waals surface area contributed by atoms with Gasteiger partial charge in [0.15, 0.2) is 6.10 Å². The molecule has 0 radical (unpaired) electrons. The summed E-state index contributed by atoms with van der Waals surface area (Å²) < 4.78 is 5.09. The summed E-state index contributed by atoms with van der Waals surface area (Å²) in [6.07, 6.45) is -0.463. The largest absolute Gasteiger partial charge is 0.444 e. The van der Waals surface area contributed by atoms with Gasteiger partial charge in [-0.1, -0.05) is 5.16 Å². The zero-order valence-corrected chi connectivity index (χ0v) is 11.8. The summed E-state index contributed by atoms with van der Waals surface area (Å²) in [6.45, 7) is 7.98. The van der Waals surface area contributed by atoms with Crippen LogP contribution in [0.3, 0.4) is 0 Å². The lowest BCUT2D eigenvalue weighted by Crippen LogP contribution is -2.37. The molecule has 1 aliphatic heterocycles. The highest BCUT2D eigenvalue weighted by atomic mass is 16.6. The molecule has 1 rings (SSSR count). The Kier molecular flexibility index (Phi) is 5.14. The monoisotopic (exact) mass is 271 g/mol. The van der Waals surface area contributed by atoms with Crippen molar-refractivity contribution in [3.63, 3.8) is 0 Å². The van der Waals surface area contributed by atoms with E-state index in [4.69, 9.17) is 9.57 Å². The van der Waals surface area contributed by atoms with Crippen molar-refractivity contribution >= 4 is 17.7 Å². The summed E-state index contributed by atoms with van der Waals surface area (Å²) in [4.78, 5) is 28.0. The lowest BCUT2D eigenvalue weighted by atomic mass is 10.1. The van der Waals surface area contributed by atoms with Gasteiger partial charge in [-0.3, -0.25) is 4.79 Å². The molecule has 108 valence electrons. The van der Waals surface area contributed by atoms with Gasteiger partial charge in [0.25, 0.3) is 5.91 Å². The third-order valence-electron chi connectivity index (χ3n) is 2.21. The smallest absolute Gasteiger partial charge is 0.407 e. The maximum atomic E-state index is 11.5. The SMILES string of the molecule is CCNC(=O)C1=NOC(CNC(=O)OC(C)(C)C)C1. The van der Waals surface area contributed by atoms with Crippen LogP contribution in [0.2, 0.25) is 0 Å². The van der Waals surface area contributed by atoms with Crippen LogP contribution in [0.15, 0.2) is 5.16 Å². The Bertz CT molecular complexity index is 374. The van der Waals surface area contributed by atoms with Crippen LogP contribution in [0.25, 0.3) is 0 Å². The molecule has 1 unspecified atom stereocenters. The molecule has 0 aromatic carbocycles. The Morgan fingerprint density at radius 1 is 1.42 bits per heavy atom. The zero-order chi connectivity index (χ0) is 14.5. The molecule has 7 heteroatoms. The second kappa shape index (κ2) is 6.40. The van der Waals surface area contributed by atoms with Crippen LogP contribution in [-0.4, -0.2) is 42.5 Å². The maximum absolute atomic E-state index is 11.5. The predicted octanol–water partition coefficient (Wildman–Crippen LogP) is 0.792. The van der Waals surface area contributed by atoms with Crippen LogP contribution in [0.4, 0.5) is 4.79 Å². The molecule has 2 amide bonds. The van der Waals surface area contributed by atoms with Gasteiger partial charge < -0.3 is 20.2 Å². The molecule has 0 saturated carbocycles. The van der Waals surface area contributed by atoms with E-state index in [9.17, 15) is 9.59 Å². The first kappa shape index (κ1) is 15.3. The highest BCUT2D eigenvalue weighted by Gasteiger charge is 2.26. The van der Waals surface area contributed by atoms with E-state index in [2.05, 4.69) is 15.8 Å². The van der Waals surface area contributed by atoms with E-state index in [0.29, 0.717) is 18.7 Å². The van der Waals surface area contributed by atoms with Crippen LogP contribution in [0.1, 0.15) is 34.1 Å². The Labute approximate surface area is 112 Å². The second-order valence-electron chi connectivity index (χ2n) is 5.21. The number of carbonyl (C=O) groups excluding carboxylic acids is 2. The van der Waals surface area contributed by atoms with Crippen molar-refractivity contribution in [3.05, 3.63) is 0 Å². The number of hydrogen-bond acceptors (Lipinski definition) is 5. The molecular formula is C12H21N3O4. The highest BCUT2D eigenvalue weighted by Crippen LogP contribution is 2.11. The van der Waals surface area contributed by atoms with Gasteiger partial charge in [0, 0.05) is 13.0 Å². The number of hydrogen-bond donors (Lipinski definition) is 2. The van der Waals surface area contributed by atoms with E-state index in [1.165, 1.54) is 0 Å². The standard InChI is InChI=1S/C12H21N3O4/c1-5-13-10(16)9-6-8(19-15-9)7-14-11(17)18-12(2,3)4/h8H,5-7H2,1-4H3,(H,13,16)(H,14,17). The zero-order valence-electron chi connectivity index (χ0n) is 11.8. The van der Waals surface area contributed by atoms with E-state index in [1.54, 1.807) is 20.8 Å². The first-order valence-electron chi connectivity index (χ1n) is 6.29. The third kappa shape index (κ3) is 5.58. The lowest BCUT2D eigenvalue weighted by molar-refractivity contribution is -0.114. The maximum Gasteiger partial charge on any atom is 0.407 e. The summed E-state index contributed by atoms with van der Waals surface area (Å²) in [6, 6.07) is 0. The van der Waals surface area contributed by atoms with E-state index in [1.807, 2.05) is 6.92 Å². The first-order valence-corrected chi connectivity index (χ1v) is 6.29. The van der Waals surface area contributed by atoms with Crippen molar-refractivity contribution in [1.82, 2.24) is 10.6 Å². The average Bonchev–Trinajstić information content (AvgIpc) is 2.73. The van der Waals surface area contributed by atoms with Crippen LogP contribution in [0, 0.1) is 0 Å². The Morgan fingerprint density at radius 3 is 2.68 bits per heavy atom. The molecule has 0 spiro atoms. The van der Waals surface area contributed by atoms with Gasteiger partial charge in [-0.05, 0) is 27.7 Å². The molecule has 0 aromatic heterocycles.